The van der Waals surface area contributed by atoms with Crippen LogP contribution in [-0.2, 0) is 0 Å². The molecule has 0 amide bonds. The molecule has 14 heavy (non-hydrogen) atoms. The lowest BCUT2D eigenvalue weighted by molar-refractivity contribution is 0.0494. The van der Waals surface area contributed by atoms with Crippen LogP contribution in [0.25, 0.3) is 0 Å². The van der Waals surface area contributed by atoms with Crippen LogP contribution in [0.2, 0.25) is 5.02 Å². The lowest BCUT2D eigenvalue weighted by Gasteiger charge is -2.13. The highest BCUT2D eigenvalue weighted by Crippen LogP contribution is 2.20. The Morgan fingerprint density at radius 3 is 2.71 bits per heavy atom. The summed E-state index contributed by atoms with van der Waals surface area (Å²) in [6.45, 7) is 1.70. The summed E-state index contributed by atoms with van der Waals surface area (Å²) < 4.78 is 0. The first-order valence-corrected chi connectivity index (χ1v) is 4.32. The topological polar surface area (TPSA) is 77.1 Å². The SMILES string of the molecule is Cc1cc(Cl)cnc1C(O)C(O)C#N. The fourth-order valence-electron chi connectivity index (χ4n) is 1.08. The zero-order chi connectivity index (χ0) is 10.7. The molecule has 0 spiro atoms. The number of aliphatic hydroxyl groups is 2. The molecule has 0 radical (unpaired) electrons. The molecule has 0 saturated heterocycles. The molecular weight excluding hydrogens is 204 g/mol. The summed E-state index contributed by atoms with van der Waals surface area (Å²) in [6.07, 6.45) is -1.41. The Morgan fingerprint density at radius 1 is 1.57 bits per heavy atom. The molecular formula is C9H9ClN2O2. The highest BCUT2D eigenvalue weighted by Gasteiger charge is 2.20. The van der Waals surface area contributed by atoms with Gasteiger partial charge < -0.3 is 10.2 Å². The lowest BCUT2D eigenvalue weighted by atomic mass is 10.1. The van der Waals surface area contributed by atoms with E-state index in [2.05, 4.69) is 4.98 Å². The number of aryl methyl sites for hydroxylation is 1. The van der Waals surface area contributed by atoms with Crippen molar-refractivity contribution in [1.82, 2.24) is 4.98 Å². The first kappa shape index (κ1) is 10.9. The molecule has 0 aromatic carbocycles. The highest BCUT2D eigenvalue weighted by atomic mass is 35.5. The average molecular weight is 213 g/mol. The normalized spacial score (nSPS) is 14.5. The number of nitrogens with zero attached hydrogens (tertiary/aromatic N) is 2. The van der Waals surface area contributed by atoms with E-state index in [1.165, 1.54) is 12.3 Å². The number of pyridine rings is 1. The molecule has 1 aromatic heterocycles. The monoisotopic (exact) mass is 212 g/mol. The van der Waals surface area contributed by atoms with E-state index in [4.69, 9.17) is 22.0 Å². The van der Waals surface area contributed by atoms with E-state index in [0.717, 1.165) is 0 Å². The molecule has 4 nitrogen and oxygen atoms in total. The molecule has 0 aliphatic rings. The smallest absolute Gasteiger partial charge is 0.171 e. The van der Waals surface area contributed by atoms with Crippen molar-refractivity contribution in [1.29, 1.82) is 5.26 Å². The minimum absolute atomic E-state index is 0.267. The molecule has 0 aliphatic heterocycles. The Kier molecular flexibility index (Phi) is 3.42. The summed E-state index contributed by atoms with van der Waals surface area (Å²) >= 11 is 5.66. The number of aromatic nitrogens is 1. The number of nitriles is 1. The predicted molar refractivity (Wildman–Crippen MR) is 50.6 cm³/mol. The third-order valence-corrected chi connectivity index (χ3v) is 2.00. The average Bonchev–Trinajstić information content (AvgIpc) is 2.15. The molecule has 1 rings (SSSR count). The lowest BCUT2D eigenvalue weighted by Crippen LogP contribution is -2.18. The highest BCUT2D eigenvalue weighted by molar-refractivity contribution is 6.30. The molecule has 0 fully saturated rings. The van der Waals surface area contributed by atoms with Gasteiger partial charge in [-0.15, -0.1) is 0 Å². The second-order valence-corrected chi connectivity index (χ2v) is 3.31. The predicted octanol–water partition coefficient (Wildman–Crippen LogP) is 0.961. The van der Waals surface area contributed by atoms with Crippen LogP contribution in [0.4, 0.5) is 0 Å². The maximum atomic E-state index is 9.48. The molecule has 0 bridgehead atoms. The van der Waals surface area contributed by atoms with Crippen LogP contribution in [0.15, 0.2) is 12.3 Å². The van der Waals surface area contributed by atoms with Crippen molar-refractivity contribution in [2.75, 3.05) is 0 Å². The number of hydrogen-bond donors (Lipinski definition) is 2. The van der Waals surface area contributed by atoms with Crippen LogP contribution in [0, 0.1) is 18.3 Å². The van der Waals surface area contributed by atoms with Gasteiger partial charge in [0.1, 0.15) is 6.10 Å². The van der Waals surface area contributed by atoms with Crippen molar-refractivity contribution >= 4 is 11.6 Å². The summed E-state index contributed by atoms with van der Waals surface area (Å²) in [4.78, 5) is 3.85. The number of halogens is 1. The van der Waals surface area contributed by atoms with Gasteiger partial charge >= 0.3 is 0 Å². The van der Waals surface area contributed by atoms with Gasteiger partial charge in [0.25, 0.3) is 0 Å². The van der Waals surface area contributed by atoms with Gasteiger partial charge in [-0.3, -0.25) is 4.98 Å². The molecule has 5 heteroatoms. The van der Waals surface area contributed by atoms with E-state index < -0.39 is 12.2 Å². The summed E-state index contributed by atoms with van der Waals surface area (Å²) in [5.41, 5.74) is 0.905. The van der Waals surface area contributed by atoms with Gasteiger partial charge in [-0.05, 0) is 18.6 Å². The van der Waals surface area contributed by atoms with Crippen molar-refractivity contribution in [3.05, 3.63) is 28.5 Å². The zero-order valence-corrected chi connectivity index (χ0v) is 8.23. The maximum Gasteiger partial charge on any atom is 0.171 e. The molecule has 1 heterocycles. The van der Waals surface area contributed by atoms with E-state index in [9.17, 15) is 5.11 Å². The minimum atomic E-state index is -1.47. The van der Waals surface area contributed by atoms with E-state index in [0.29, 0.717) is 10.6 Å². The van der Waals surface area contributed by atoms with E-state index >= 15 is 0 Å². The van der Waals surface area contributed by atoms with Gasteiger partial charge in [-0.25, -0.2) is 0 Å². The van der Waals surface area contributed by atoms with Crippen molar-refractivity contribution < 1.29 is 10.2 Å². The standard InChI is InChI=1S/C9H9ClN2O2/c1-5-2-6(10)4-12-8(5)9(14)7(13)3-11/h2,4,7,9,13-14H,1H3. The van der Waals surface area contributed by atoms with E-state index in [1.807, 2.05) is 0 Å². The first-order valence-electron chi connectivity index (χ1n) is 3.94. The Morgan fingerprint density at radius 2 is 2.21 bits per heavy atom. The number of aliphatic hydroxyl groups excluding tert-OH is 2. The fraction of sp³-hybridized carbons (Fsp3) is 0.333. The van der Waals surface area contributed by atoms with E-state index in [1.54, 1.807) is 13.0 Å². The van der Waals surface area contributed by atoms with Crippen molar-refractivity contribution in [3.63, 3.8) is 0 Å². The second kappa shape index (κ2) is 4.38. The quantitative estimate of drug-likeness (QED) is 0.716. The van der Waals surface area contributed by atoms with Crippen molar-refractivity contribution in [3.8, 4) is 6.07 Å². The van der Waals surface area contributed by atoms with Crippen LogP contribution in [0.5, 0.6) is 0 Å². The largest absolute Gasteiger partial charge is 0.383 e. The third kappa shape index (κ3) is 2.20. The summed E-state index contributed by atoms with van der Waals surface area (Å²) in [5, 5.41) is 27.4. The van der Waals surface area contributed by atoms with Gasteiger partial charge in [0.2, 0.25) is 0 Å². The summed E-state index contributed by atoms with van der Waals surface area (Å²) in [5.74, 6) is 0. The Balaban J connectivity index is 3.03. The molecule has 2 unspecified atom stereocenters. The molecule has 74 valence electrons. The van der Waals surface area contributed by atoms with Gasteiger partial charge in [-0.1, -0.05) is 11.6 Å². The Bertz CT molecular complexity index is 376. The third-order valence-electron chi connectivity index (χ3n) is 1.80. The Hall–Kier alpha value is -1.15. The van der Waals surface area contributed by atoms with Gasteiger partial charge in [0.15, 0.2) is 6.10 Å². The minimum Gasteiger partial charge on any atom is -0.383 e. The van der Waals surface area contributed by atoms with Crippen LogP contribution in [0.1, 0.15) is 17.4 Å². The van der Waals surface area contributed by atoms with Crippen LogP contribution >= 0.6 is 11.6 Å². The summed E-state index contributed by atoms with van der Waals surface area (Å²) in [7, 11) is 0. The molecule has 0 aliphatic carbocycles. The molecule has 2 N–H and O–H groups in total. The molecule has 1 aromatic rings. The Labute approximate surface area is 86.4 Å². The molecule has 2 atom stereocenters. The maximum absolute atomic E-state index is 9.48. The van der Waals surface area contributed by atoms with Crippen LogP contribution in [-0.4, -0.2) is 21.3 Å². The summed E-state index contributed by atoms with van der Waals surface area (Å²) in [6, 6.07) is 3.15. The van der Waals surface area contributed by atoms with Gasteiger partial charge in [-0.2, -0.15) is 5.26 Å². The zero-order valence-electron chi connectivity index (χ0n) is 7.48. The second-order valence-electron chi connectivity index (χ2n) is 2.87. The van der Waals surface area contributed by atoms with Crippen LogP contribution in [0.3, 0.4) is 0 Å². The van der Waals surface area contributed by atoms with Gasteiger partial charge in [0, 0.05) is 6.20 Å². The number of rotatable bonds is 2. The fourth-order valence-corrected chi connectivity index (χ4v) is 1.29. The molecule has 0 saturated carbocycles. The van der Waals surface area contributed by atoms with Gasteiger partial charge in [0.05, 0.1) is 16.8 Å². The van der Waals surface area contributed by atoms with Crippen molar-refractivity contribution in [2.45, 2.75) is 19.1 Å². The number of hydrogen-bond acceptors (Lipinski definition) is 4. The van der Waals surface area contributed by atoms with Crippen molar-refractivity contribution in [2.24, 2.45) is 0 Å². The van der Waals surface area contributed by atoms with E-state index in [-0.39, 0.29) is 5.69 Å². The van der Waals surface area contributed by atoms with Crippen LogP contribution < -0.4 is 0 Å². The first-order chi connectivity index (χ1) is 6.56.